The van der Waals surface area contributed by atoms with E-state index < -0.39 is 0 Å². The van der Waals surface area contributed by atoms with E-state index in [1.165, 1.54) is 0 Å². The topological polar surface area (TPSA) is 72.0 Å². The summed E-state index contributed by atoms with van der Waals surface area (Å²) in [6.07, 6.45) is 3.46. The molecular formula is C13H12N3O. The number of benzene rings is 1. The minimum Gasteiger partial charge on any atom is -0.488 e. The Labute approximate surface area is 99.6 Å². The monoisotopic (exact) mass is 226 g/mol. The molecule has 0 saturated heterocycles. The van der Waals surface area contributed by atoms with Crippen molar-refractivity contribution in [2.75, 3.05) is 0 Å². The Morgan fingerprint density at radius 2 is 2.35 bits per heavy atom. The average molecular weight is 226 g/mol. The Kier molecular flexibility index (Phi) is 3.35. The van der Waals surface area contributed by atoms with Gasteiger partial charge in [-0.1, -0.05) is 12.1 Å². The number of nitrogen functional groups attached to an aromatic ring is 1. The number of nitrogens with one attached hydrogen (secondary N) is 1. The normalized spacial score (nSPS) is 9.88. The zero-order chi connectivity index (χ0) is 12.1. The molecule has 17 heavy (non-hydrogen) atoms. The van der Waals surface area contributed by atoms with E-state index in [-0.39, 0.29) is 5.84 Å². The summed E-state index contributed by atoms with van der Waals surface area (Å²) in [5.74, 6) is 0.590. The first-order valence-corrected chi connectivity index (χ1v) is 5.13. The predicted molar refractivity (Wildman–Crippen MR) is 64.9 cm³/mol. The van der Waals surface area contributed by atoms with Crippen LogP contribution in [0.15, 0.2) is 42.7 Å². The van der Waals surface area contributed by atoms with Crippen molar-refractivity contribution in [1.82, 2.24) is 4.98 Å². The molecule has 0 atom stereocenters. The second-order valence-corrected chi connectivity index (χ2v) is 3.51. The number of aromatic nitrogens is 1. The fourth-order valence-corrected chi connectivity index (χ4v) is 1.34. The summed E-state index contributed by atoms with van der Waals surface area (Å²) in [7, 11) is 0. The van der Waals surface area contributed by atoms with E-state index in [0.717, 1.165) is 5.56 Å². The van der Waals surface area contributed by atoms with Gasteiger partial charge in [0.15, 0.2) is 0 Å². The van der Waals surface area contributed by atoms with Crippen molar-refractivity contribution < 1.29 is 4.74 Å². The Hall–Kier alpha value is -2.36. The van der Waals surface area contributed by atoms with Gasteiger partial charge in [-0.3, -0.25) is 10.4 Å². The Morgan fingerprint density at radius 1 is 1.47 bits per heavy atom. The molecule has 1 radical (unpaired) electrons. The molecule has 0 aliphatic carbocycles. The van der Waals surface area contributed by atoms with E-state index >= 15 is 0 Å². The Balaban J connectivity index is 2.04. The summed E-state index contributed by atoms with van der Waals surface area (Å²) in [5, 5.41) is 7.33. The fraction of sp³-hybridized carbons (Fsp3) is 0.0769. The molecular weight excluding hydrogens is 214 g/mol. The van der Waals surface area contributed by atoms with Crippen LogP contribution in [0.2, 0.25) is 0 Å². The maximum absolute atomic E-state index is 7.33. The molecule has 1 aromatic carbocycles. The lowest BCUT2D eigenvalue weighted by Gasteiger charge is -2.06. The molecule has 0 bridgehead atoms. The van der Waals surface area contributed by atoms with Crippen LogP contribution in [0.4, 0.5) is 0 Å². The molecule has 0 aliphatic rings. The molecule has 3 N–H and O–H groups in total. The van der Waals surface area contributed by atoms with Gasteiger partial charge in [0.1, 0.15) is 18.2 Å². The summed E-state index contributed by atoms with van der Waals surface area (Å²) < 4.78 is 5.54. The van der Waals surface area contributed by atoms with E-state index in [0.29, 0.717) is 17.9 Å². The lowest BCUT2D eigenvalue weighted by Crippen LogP contribution is -2.10. The number of hydrogen-bond donors (Lipinski definition) is 2. The van der Waals surface area contributed by atoms with Crippen LogP contribution < -0.4 is 10.5 Å². The first-order chi connectivity index (χ1) is 8.25. The molecule has 0 unspecified atom stereocenters. The van der Waals surface area contributed by atoms with Gasteiger partial charge in [0, 0.05) is 29.6 Å². The molecule has 1 heterocycles. The molecule has 0 spiro atoms. The molecule has 4 nitrogen and oxygen atoms in total. The van der Waals surface area contributed by atoms with Crippen molar-refractivity contribution in [3.8, 4) is 5.75 Å². The van der Waals surface area contributed by atoms with Crippen LogP contribution in [0.3, 0.4) is 0 Å². The van der Waals surface area contributed by atoms with Crippen LogP contribution in [0.5, 0.6) is 5.75 Å². The fourth-order valence-electron chi connectivity index (χ4n) is 1.34. The summed E-state index contributed by atoms with van der Waals surface area (Å²) in [6.45, 7) is 0.422. The summed E-state index contributed by atoms with van der Waals surface area (Å²) in [5.41, 5.74) is 7.00. The Bertz CT molecular complexity index is 511. The number of nitrogens with zero attached hydrogens (tertiary/aromatic N) is 1. The zero-order valence-electron chi connectivity index (χ0n) is 9.18. The molecule has 0 aliphatic heterocycles. The predicted octanol–water partition coefficient (Wildman–Crippen LogP) is 1.74. The standard InChI is InChI=1S/C13H12N3O/c14-13(15)11-4-1-5-12(7-11)17-9-10-3-2-6-16-8-10/h1-4,6-8H,9H2,(H3,14,15). The van der Waals surface area contributed by atoms with E-state index in [1.807, 2.05) is 12.1 Å². The van der Waals surface area contributed by atoms with Crippen LogP contribution in [0, 0.1) is 11.5 Å². The van der Waals surface area contributed by atoms with Crippen molar-refractivity contribution in [3.05, 3.63) is 59.9 Å². The molecule has 0 fully saturated rings. The quantitative estimate of drug-likeness (QED) is 0.616. The number of hydrogen-bond acceptors (Lipinski definition) is 3. The maximum atomic E-state index is 7.33. The van der Waals surface area contributed by atoms with E-state index in [9.17, 15) is 0 Å². The minimum absolute atomic E-state index is 0.0187. The van der Waals surface area contributed by atoms with E-state index in [2.05, 4.69) is 11.1 Å². The summed E-state index contributed by atoms with van der Waals surface area (Å²) in [6, 6.07) is 11.8. The second kappa shape index (κ2) is 5.12. The highest BCUT2D eigenvalue weighted by Gasteiger charge is 2.00. The van der Waals surface area contributed by atoms with Crippen LogP contribution in [-0.2, 0) is 6.61 Å². The third-order valence-corrected chi connectivity index (χ3v) is 2.20. The largest absolute Gasteiger partial charge is 0.488 e. The SMILES string of the molecule is N=C(N)c1cc[c]c(OCc2cccnc2)c1. The number of pyridine rings is 1. The highest BCUT2D eigenvalue weighted by atomic mass is 16.5. The van der Waals surface area contributed by atoms with Crippen LogP contribution in [0.25, 0.3) is 0 Å². The second-order valence-electron chi connectivity index (χ2n) is 3.51. The smallest absolute Gasteiger partial charge is 0.128 e. The van der Waals surface area contributed by atoms with Gasteiger partial charge in [-0.25, -0.2) is 0 Å². The molecule has 0 saturated carbocycles. The van der Waals surface area contributed by atoms with Crippen LogP contribution in [-0.4, -0.2) is 10.8 Å². The highest BCUT2D eigenvalue weighted by molar-refractivity contribution is 5.95. The number of rotatable bonds is 4. The van der Waals surface area contributed by atoms with Gasteiger partial charge in [0.2, 0.25) is 0 Å². The number of ether oxygens (including phenoxy) is 1. The minimum atomic E-state index is 0.0187. The molecule has 2 rings (SSSR count). The summed E-state index contributed by atoms with van der Waals surface area (Å²) in [4.78, 5) is 4.00. The Morgan fingerprint density at radius 3 is 3.06 bits per heavy atom. The van der Waals surface area contributed by atoms with E-state index in [1.54, 1.807) is 30.6 Å². The van der Waals surface area contributed by atoms with Crippen molar-refractivity contribution in [2.24, 2.45) is 5.73 Å². The van der Waals surface area contributed by atoms with Gasteiger partial charge >= 0.3 is 0 Å². The maximum Gasteiger partial charge on any atom is 0.128 e. The average Bonchev–Trinajstić information content (AvgIpc) is 2.38. The molecule has 0 amide bonds. The lowest BCUT2D eigenvalue weighted by molar-refractivity contribution is 0.305. The molecule has 4 heteroatoms. The highest BCUT2D eigenvalue weighted by Crippen LogP contribution is 2.13. The molecule has 85 valence electrons. The van der Waals surface area contributed by atoms with Crippen molar-refractivity contribution in [1.29, 1.82) is 5.41 Å². The number of nitrogens with two attached hydrogens (primary N) is 1. The zero-order valence-corrected chi connectivity index (χ0v) is 9.18. The lowest BCUT2D eigenvalue weighted by atomic mass is 10.2. The van der Waals surface area contributed by atoms with Gasteiger partial charge in [0.25, 0.3) is 0 Å². The van der Waals surface area contributed by atoms with Crippen molar-refractivity contribution in [2.45, 2.75) is 6.61 Å². The van der Waals surface area contributed by atoms with Crippen LogP contribution >= 0.6 is 0 Å². The van der Waals surface area contributed by atoms with Crippen molar-refractivity contribution in [3.63, 3.8) is 0 Å². The van der Waals surface area contributed by atoms with Crippen molar-refractivity contribution >= 4 is 5.84 Å². The first-order valence-electron chi connectivity index (χ1n) is 5.13. The van der Waals surface area contributed by atoms with Crippen LogP contribution in [0.1, 0.15) is 11.1 Å². The van der Waals surface area contributed by atoms with Gasteiger partial charge in [0.05, 0.1) is 0 Å². The summed E-state index contributed by atoms with van der Waals surface area (Å²) >= 11 is 0. The van der Waals surface area contributed by atoms with Gasteiger partial charge in [-0.15, -0.1) is 0 Å². The van der Waals surface area contributed by atoms with Gasteiger partial charge in [-0.05, 0) is 18.2 Å². The number of amidine groups is 1. The molecule has 1 aromatic heterocycles. The van der Waals surface area contributed by atoms with Gasteiger partial charge in [-0.2, -0.15) is 0 Å². The third-order valence-electron chi connectivity index (χ3n) is 2.20. The first kappa shape index (κ1) is 11.1. The molecule has 2 aromatic rings. The van der Waals surface area contributed by atoms with E-state index in [4.69, 9.17) is 15.9 Å². The third kappa shape index (κ3) is 3.04. The van der Waals surface area contributed by atoms with Gasteiger partial charge < -0.3 is 10.5 Å².